The number of esters is 1. The number of allylic oxidation sites excluding steroid dienone is 6. The van der Waals surface area contributed by atoms with E-state index in [1.54, 1.807) is 6.08 Å². The van der Waals surface area contributed by atoms with Crippen molar-refractivity contribution in [3.05, 3.63) is 35.5 Å². The van der Waals surface area contributed by atoms with E-state index in [1.165, 1.54) is 18.1 Å². The number of ether oxygens (including phenoxy) is 1. The van der Waals surface area contributed by atoms with Gasteiger partial charge in [0.15, 0.2) is 5.78 Å². The molecule has 0 amide bonds. The average molecular weight is 358 g/mol. The van der Waals surface area contributed by atoms with Crippen LogP contribution in [-0.4, -0.2) is 24.1 Å². The van der Waals surface area contributed by atoms with E-state index in [0.717, 1.165) is 12.7 Å². The highest BCUT2D eigenvalue weighted by Gasteiger charge is 2.52. The van der Waals surface area contributed by atoms with Crippen LogP contribution in [0.2, 0.25) is 0 Å². The molecule has 0 heterocycles. The van der Waals surface area contributed by atoms with E-state index in [9.17, 15) is 14.4 Å². The summed E-state index contributed by atoms with van der Waals surface area (Å²) in [4.78, 5) is 35.9. The molecule has 0 aliphatic heterocycles. The fraction of sp³-hybridized carbons (Fsp3) is 0.591. The van der Waals surface area contributed by atoms with Crippen LogP contribution in [-0.2, 0) is 19.1 Å². The minimum Gasteiger partial charge on any atom is -0.462 e. The van der Waals surface area contributed by atoms with Gasteiger partial charge in [-0.05, 0) is 57.4 Å². The molecule has 0 radical (unpaired) electrons. The zero-order valence-corrected chi connectivity index (χ0v) is 16.4. The van der Waals surface area contributed by atoms with Gasteiger partial charge >= 0.3 is 5.97 Å². The molecule has 1 fully saturated rings. The molecular weight excluding hydrogens is 328 g/mol. The molecule has 0 bridgehead atoms. The van der Waals surface area contributed by atoms with Crippen molar-refractivity contribution in [2.75, 3.05) is 0 Å². The Morgan fingerprint density at radius 1 is 1.23 bits per heavy atom. The van der Waals surface area contributed by atoms with Crippen LogP contribution >= 0.6 is 0 Å². The first-order chi connectivity index (χ1) is 12.3. The van der Waals surface area contributed by atoms with E-state index in [1.807, 2.05) is 13.0 Å². The molecule has 4 nitrogen and oxygen atoms in total. The molecule has 0 unspecified atom stereocenters. The van der Waals surface area contributed by atoms with E-state index in [0.29, 0.717) is 6.42 Å². The van der Waals surface area contributed by atoms with Crippen LogP contribution in [0.3, 0.4) is 0 Å². The summed E-state index contributed by atoms with van der Waals surface area (Å²) in [5, 5.41) is 0. The van der Waals surface area contributed by atoms with Crippen molar-refractivity contribution in [2.24, 2.45) is 29.6 Å². The molecule has 4 heteroatoms. The molecule has 1 saturated carbocycles. The molecular formula is C22H30O4. The third-order valence-electron chi connectivity index (χ3n) is 5.72. The van der Waals surface area contributed by atoms with Crippen LogP contribution in [0.5, 0.6) is 0 Å². The quantitative estimate of drug-likeness (QED) is 0.408. The second-order valence-corrected chi connectivity index (χ2v) is 7.89. The predicted molar refractivity (Wildman–Crippen MR) is 101 cm³/mol. The third-order valence-corrected chi connectivity index (χ3v) is 5.72. The van der Waals surface area contributed by atoms with Gasteiger partial charge in [0.25, 0.3) is 0 Å². The Balaban J connectivity index is 2.35. The summed E-state index contributed by atoms with van der Waals surface area (Å²) in [5.74, 6) is -0.918. The van der Waals surface area contributed by atoms with Crippen LogP contribution in [0.4, 0.5) is 0 Å². The summed E-state index contributed by atoms with van der Waals surface area (Å²) >= 11 is 0. The van der Waals surface area contributed by atoms with Crippen molar-refractivity contribution in [3.8, 4) is 0 Å². The molecule has 0 spiro atoms. The van der Waals surface area contributed by atoms with Gasteiger partial charge in [-0.25, -0.2) is 0 Å². The Morgan fingerprint density at radius 2 is 1.92 bits per heavy atom. The van der Waals surface area contributed by atoms with E-state index >= 15 is 0 Å². The zero-order chi connectivity index (χ0) is 19.4. The minimum atomic E-state index is -0.451. The number of hydrogen-bond donors (Lipinski definition) is 0. The molecule has 2 rings (SSSR count). The normalized spacial score (nSPS) is 34.0. The molecule has 0 saturated heterocycles. The second kappa shape index (κ2) is 8.61. The number of carbonyl (C=O) groups excluding carboxylic acids is 3. The Bertz CT molecular complexity index is 651. The summed E-state index contributed by atoms with van der Waals surface area (Å²) in [6, 6.07) is 0. The van der Waals surface area contributed by atoms with Gasteiger partial charge in [-0.1, -0.05) is 36.3 Å². The summed E-state index contributed by atoms with van der Waals surface area (Å²) in [6.07, 6.45) is 9.74. The van der Waals surface area contributed by atoms with Crippen molar-refractivity contribution in [1.29, 1.82) is 0 Å². The smallest absolute Gasteiger partial charge is 0.302 e. The monoisotopic (exact) mass is 358 g/mol. The van der Waals surface area contributed by atoms with E-state index in [2.05, 4.69) is 32.9 Å². The Labute approximate surface area is 156 Å². The second-order valence-electron chi connectivity index (χ2n) is 7.89. The Hall–Kier alpha value is -1.97. The molecule has 0 aromatic heterocycles. The van der Waals surface area contributed by atoms with Crippen LogP contribution in [0.25, 0.3) is 0 Å². The zero-order valence-electron chi connectivity index (χ0n) is 16.4. The predicted octanol–water partition coefficient (Wildman–Crippen LogP) is 4.06. The highest BCUT2D eigenvalue weighted by molar-refractivity contribution is 5.95. The highest BCUT2D eigenvalue weighted by Crippen LogP contribution is 2.49. The number of aldehydes is 1. The fourth-order valence-electron chi connectivity index (χ4n) is 4.49. The third kappa shape index (κ3) is 4.40. The number of hydrogen-bond acceptors (Lipinski definition) is 4. The number of ketones is 1. The van der Waals surface area contributed by atoms with Crippen LogP contribution < -0.4 is 0 Å². The molecule has 26 heavy (non-hydrogen) atoms. The summed E-state index contributed by atoms with van der Waals surface area (Å²) in [7, 11) is 0. The van der Waals surface area contributed by atoms with Crippen molar-refractivity contribution < 1.29 is 19.1 Å². The summed E-state index contributed by atoms with van der Waals surface area (Å²) in [5.41, 5.74) is 2.42. The topological polar surface area (TPSA) is 60.4 Å². The maximum Gasteiger partial charge on any atom is 0.302 e. The fourth-order valence-corrected chi connectivity index (χ4v) is 4.49. The molecule has 0 aromatic carbocycles. The maximum absolute atomic E-state index is 12.5. The van der Waals surface area contributed by atoms with Crippen LogP contribution in [0.15, 0.2) is 35.5 Å². The molecule has 2 aliphatic carbocycles. The van der Waals surface area contributed by atoms with E-state index in [-0.39, 0.29) is 35.4 Å². The van der Waals surface area contributed by atoms with Gasteiger partial charge in [0, 0.05) is 12.8 Å². The molecule has 2 aliphatic rings. The molecule has 142 valence electrons. The first kappa shape index (κ1) is 20.3. The SMILES string of the molecule is CC(=O)O[C@@H]1C[C@@H](/C(C)=C/CC=C(C)C)[C@@H]([C@H]2C(=O)C=C[C@H]2C)[C@@H]1C=O. The van der Waals surface area contributed by atoms with Gasteiger partial charge in [-0.3, -0.25) is 9.59 Å². The Morgan fingerprint density at radius 3 is 2.42 bits per heavy atom. The van der Waals surface area contributed by atoms with E-state index in [4.69, 9.17) is 4.74 Å². The lowest BCUT2D eigenvalue weighted by atomic mass is 9.72. The lowest BCUT2D eigenvalue weighted by Crippen LogP contribution is -2.35. The van der Waals surface area contributed by atoms with Gasteiger partial charge in [-0.15, -0.1) is 0 Å². The van der Waals surface area contributed by atoms with Crippen LogP contribution in [0.1, 0.15) is 47.5 Å². The van der Waals surface area contributed by atoms with Gasteiger partial charge in [0.05, 0.1) is 5.92 Å². The molecule has 0 N–H and O–H groups in total. The standard InChI is InChI=1S/C22H30O4/c1-13(2)7-6-8-14(3)17-11-20(26-16(5)24)18(12-23)22(17)21-15(4)9-10-19(21)25/h7-10,12,15,17-18,20-22H,6,11H2,1-5H3/b14-8+/t15-,17+,18-,20-,21-,22-/m1/s1. The first-order valence-electron chi connectivity index (χ1n) is 9.40. The maximum atomic E-state index is 12.5. The van der Waals surface area contributed by atoms with Gasteiger partial charge in [-0.2, -0.15) is 0 Å². The minimum absolute atomic E-state index is 0.0661. The summed E-state index contributed by atoms with van der Waals surface area (Å²) < 4.78 is 5.46. The van der Waals surface area contributed by atoms with Crippen LogP contribution in [0, 0.1) is 29.6 Å². The Kier molecular flexibility index (Phi) is 6.74. The lowest BCUT2D eigenvalue weighted by Gasteiger charge is -2.30. The number of carbonyl (C=O) groups is 3. The highest BCUT2D eigenvalue weighted by atomic mass is 16.5. The summed E-state index contributed by atoms with van der Waals surface area (Å²) in [6.45, 7) is 9.57. The van der Waals surface area contributed by atoms with Crippen molar-refractivity contribution in [2.45, 2.75) is 53.6 Å². The molecule has 0 aromatic rings. The largest absolute Gasteiger partial charge is 0.462 e. The van der Waals surface area contributed by atoms with E-state index < -0.39 is 12.0 Å². The van der Waals surface area contributed by atoms with Crippen molar-refractivity contribution in [1.82, 2.24) is 0 Å². The van der Waals surface area contributed by atoms with Crippen molar-refractivity contribution in [3.63, 3.8) is 0 Å². The lowest BCUT2D eigenvalue weighted by molar-refractivity contribution is -0.149. The van der Waals surface area contributed by atoms with Gasteiger partial charge in [0.1, 0.15) is 12.4 Å². The first-order valence-corrected chi connectivity index (χ1v) is 9.40. The van der Waals surface area contributed by atoms with Gasteiger partial charge in [0.2, 0.25) is 0 Å². The van der Waals surface area contributed by atoms with Crippen molar-refractivity contribution >= 4 is 18.0 Å². The number of rotatable bonds is 6. The average Bonchev–Trinajstić information content (AvgIpc) is 3.05. The molecule has 6 atom stereocenters. The van der Waals surface area contributed by atoms with Gasteiger partial charge < -0.3 is 9.53 Å².